The number of carbonyl (C=O) groups excluding carboxylic acids is 2. The summed E-state index contributed by atoms with van der Waals surface area (Å²) in [4.78, 5) is 41.6. The summed E-state index contributed by atoms with van der Waals surface area (Å²) in [5.74, 6) is -0.694. The van der Waals surface area contributed by atoms with Crippen molar-refractivity contribution >= 4 is 17.8 Å². The first-order valence-electron chi connectivity index (χ1n) is 11.4. The molecule has 1 saturated heterocycles. The van der Waals surface area contributed by atoms with Crippen molar-refractivity contribution < 1.29 is 19.5 Å². The average molecular weight is 438 g/mol. The first-order chi connectivity index (χ1) is 14.2. The molecule has 0 bridgehead atoms. The molecule has 0 aliphatic carbocycles. The number of hydrogen-bond donors (Lipinski definition) is 2. The first-order valence-corrected chi connectivity index (χ1v) is 11.4. The summed E-state index contributed by atoms with van der Waals surface area (Å²) < 4.78 is 0. The van der Waals surface area contributed by atoms with Crippen LogP contribution < -0.4 is 5.32 Å². The quantitative estimate of drug-likeness (QED) is 0.570. The third kappa shape index (κ3) is 7.34. The maximum atomic E-state index is 13.5. The van der Waals surface area contributed by atoms with Gasteiger partial charge in [0.1, 0.15) is 6.04 Å². The molecule has 0 aromatic rings. The van der Waals surface area contributed by atoms with Crippen LogP contribution in [-0.2, 0) is 14.4 Å². The molecule has 0 aromatic heterocycles. The zero-order valence-corrected chi connectivity index (χ0v) is 20.9. The summed E-state index contributed by atoms with van der Waals surface area (Å²) >= 11 is 0. The van der Waals surface area contributed by atoms with E-state index in [9.17, 15) is 19.5 Å². The molecule has 2 N–H and O–H groups in total. The fourth-order valence-corrected chi connectivity index (χ4v) is 4.22. The first kappa shape index (κ1) is 27.1. The number of nitrogens with zero attached hydrogens (tertiary/aromatic N) is 2. The third-order valence-electron chi connectivity index (χ3n) is 6.44. The number of likely N-dealkylation sites (tertiary alicyclic amines) is 1. The molecular weight excluding hydrogens is 394 g/mol. The minimum atomic E-state index is -1.00. The number of carboxylic acid groups (broad SMARTS) is 1. The van der Waals surface area contributed by atoms with Gasteiger partial charge in [-0.2, -0.15) is 0 Å². The summed E-state index contributed by atoms with van der Waals surface area (Å²) in [6, 6.07) is -1.32. The van der Waals surface area contributed by atoms with Crippen molar-refractivity contribution in [3.05, 3.63) is 11.6 Å². The molecule has 0 unspecified atom stereocenters. The van der Waals surface area contributed by atoms with E-state index in [1.165, 1.54) is 6.92 Å². The van der Waals surface area contributed by atoms with Gasteiger partial charge in [0.25, 0.3) is 0 Å². The number of likely N-dealkylation sites (N-methyl/N-ethyl adjacent to an activating group) is 2. The molecule has 1 aliphatic rings. The maximum absolute atomic E-state index is 13.5. The normalized spacial score (nSPS) is 22.7. The SMILES string of the molecule is CC[C@@H]1CC[C@H](C(=O)N[C@H](C(=O)N(C)[C@H](/C=C(\C)C(=O)O)C(C)C)C(C)(C)C)N(C)C1. The maximum Gasteiger partial charge on any atom is 0.331 e. The molecule has 1 aliphatic heterocycles. The van der Waals surface area contributed by atoms with Crippen LogP contribution in [0.5, 0.6) is 0 Å². The summed E-state index contributed by atoms with van der Waals surface area (Å²) in [7, 11) is 3.66. The van der Waals surface area contributed by atoms with Crippen molar-refractivity contribution in [3.63, 3.8) is 0 Å². The highest BCUT2D eigenvalue weighted by molar-refractivity contribution is 5.91. The van der Waals surface area contributed by atoms with Crippen molar-refractivity contribution in [1.29, 1.82) is 0 Å². The highest BCUT2D eigenvalue weighted by Crippen LogP contribution is 2.26. The molecule has 4 atom stereocenters. The molecular formula is C24H43N3O4. The molecule has 0 saturated carbocycles. The van der Waals surface area contributed by atoms with Crippen LogP contribution in [0, 0.1) is 17.3 Å². The molecule has 1 rings (SSSR count). The number of carbonyl (C=O) groups is 3. The molecule has 31 heavy (non-hydrogen) atoms. The van der Waals surface area contributed by atoms with Gasteiger partial charge >= 0.3 is 5.97 Å². The topological polar surface area (TPSA) is 90.0 Å². The van der Waals surface area contributed by atoms with Crippen LogP contribution >= 0.6 is 0 Å². The molecule has 1 fully saturated rings. The van der Waals surface area contributed by atoms with Crippen LogP contribution in [0.4, 0.5) is 0 Å². The van der Waals surface area contributed by atoms with Gasteiger partial charge in [-0.3, -0.25) is 14.5 Å². The average Bonchev–Trinajstić information content (AvgIpc) is 2.67. The number of aliphatic carboxylic acids is 1. The van der Waals surface area contributed by atoms with Crippen LogP contribution in [0.25, 0.3) is 0 Å². The third-order valence-corrected chi connectivity index (χ3v) is 6.44. The van der Waals surface area contributed by atoms with Gasteiger partial charge in [0.2, 0.25) is 11.8 Å². The minimum absolute atomic E-state index is 0.0232. The lowest BCUT2D eigenvalue weighted by Crippen LogP contribution is -2.60. The Morgan fingerprint density at radius 3 is 2.23 bits per heavy atom. The van der Waals surface area contributed by atoms with E-state index < -0.39 is 17.4 Å². The molecule has 0 radical (unpaired) electrons. The fraction of sp³-hybridized carbons (Fsp3) is 0.792. The Bertz CT molecular complexity index is 681. The van der Waals surface area contributed by atoms with Crippen LogP contribution in [0.2, 0.25) is 0 Å². The Labute approximate surface area is 188 Å². The van der Waals surface area contributed by atoms with Gasteiger partial charge in [-0.15, -0.1) is 0 Å². The molecule has 0 aromatic carbocycles. The molecule has 1 heterocycles. The van der Waals surface area contributed by atoms with Crippen LogP contribution in [0.3, 0.4) is 0 Å². The number of carboxylic acids is 1. The lowest BCUT2D eigenvalue weighted by molar-refractivity contribution is -0.141. The molecule has 2 amide bonds. The zero-order chi connectivity index (χ0) is 24.1. The van der Waals surface area contributed by atoms with E-state index in [0.717, 1.165) is 25.8 Å². The molecule has 7 nitrogen and oxygen atoms in total. The molecule has 7 heteroatoms. The van der Waals surface area contributed by atoms with E-state index in [0.29, 0.717) is 5.92 Å². The number of rotatable bonds is 8. The summed E-state index contributed by atoms with van der Waals surface area (Å²) in [6.45, 7) is 14.3. The van der Waals surface area contributed by atoms with Gasteiger partial charge in [-0.05, 0) is 44.1 Å². The predicted octanol–water partition coefficient (Wildman–Crippen LogP) is 3.15. The number of piperidine rings is 1. The Balaban J connectivity index is 3.08. The zero-order valence-electron chi connectivity index (χ0n) is 20.9. The van der Waals surface area contributed by atoms with Crippen molar-refractivity contribution in [2.24, 2.45) is 17.3 Å². The standard InChI is InChI=1S/C24H43N3O4/c1-10-17-11-12-18(26(8)14-17)21(28)25-20(24(5,6)7)22(29)27(9)19(15(2)3)13-16(4)23(30)31/h13,15,17-20H,10-12,14H2,1-9H3,(H,25,28)(H,30,31)/b16-13+/t17-,18-,19-,20-/m1/s1. The number of amides is 2. The van der Waals surface area contributed by atoms with E-state index in [1.807, 2.05) is 41.7 Å². The van der Waals surface area contributed by atoms with Crippen molar-refractivity contribution in [3.8, 4) is 0 Å². The highest BCUT2D eigenvalue weighted by Gasteiger charge is 2.39. The minimum Gasteiger partial charge on any atom is -0.478 e. The van der Waals surface area contributed by atoms with Crippen molar-refractivity contribution in [1.82, 2.24) is 15.1 Å². The van der Waals surface area contributed by atoms with Gasteiger partial charge in [0.15, 0.2) is 0 Å². The highest BCUT2D eigenvalue weighted by atomic mass is 16.4. The van der Waals surface area contributed by atoms with E-state index in [1.54, 1.807) is 18.0 Å². The van der Waals surface area contributed by atoms with Gasteiger partial charge in [-0.25, -0.2) is 4.79 Å². The van der Waals surface area contributed by atoms with Crippen molar-refractivity contribution in [2.45, 2.75) is 85.9 Å². The largest absolute Gasteiger partial charge is 0.478 e. The van der Waals surface area contributed by atoms with Gasteiger partial charge in [-0.1, -0.05) is 54.0 Å². The predicted molar refractivity (Wildman–Crippen MR) is 124 cm³/mol. The number of nitrogens with one attached hydrogen (secondary N) is 1. The van der Waals surface area contributed by atoms with Gasteiger partial charge in [0.05, 0.1) is 12.1 Å². The second kappa shape index (κ2) is 11.1. The Morgan fingerprint density at radius 1 is 1.23 bits per heavy atom. The lowest BCUT2D eigenvalue weighted by atomic mass is 9.84. The van der Waals surface area contributed by atoms with Gasteiger partial charge < -0.3 is 15.3 Å². The summed E-state index contributed by atoms with van der Waals surface area (Å²) in [5.41, 5.74) is -0.295. The van der Waals surface area contributed by atoms with E-state index in [2.05, 4.69) is 17.1 Å². The second-order valence-electron chi connectivity index (χ2n) is 10.5. The van der Waals surface area contributed by atoms with Crippen LogP contribution in [0.1, 0.15) is 67.7 Å². The fourth-order valence-electron chi connectivity index (χ4n) is 4.22. The Morgan fingerprint density at radius 2 is 1.81 bits per heavy atom. The number of hydrogen-bond acceptors (Lipinski definition) is 4. The molecule has 0 spiro atoms. The lowest BCUT2D eigenvalue weighted by Gasteiger charge is -2.40. The Hall–Kier alpha value is -1.89. The van der Waals surface area contributed by atoms with Gasteiger partial charge in [0, 0.05) is 19.2 Å². The van der Waals surface area contributed by atoms with Crippen LogP contribution in [-0.4, -0.2) is 71.5 Å². The second-order valence-corrected chi connectivity index (χ2v) is 10.5. The monoisotopic (exact) mass is 437 g/mol. The molecule has 178 valence electrons. The van der Waals surface area contributed by atoms with E-state index in [-0.39, 0.29) is 35.4 Å². The van der Waals surface area contributed by atoms with Crippen LogP contribution in [0.15, 0.2) is 11.6 Å². The summed E-state index contributed by atoms with van der Waals surface area (Å²) in [5, 5.41) is 12.3. The van der Waals surface area contributed by atoms with E-state index in [4.69, 9.17) is 0 Å². The Kier molecular flexibility index (Phi) is 9.73. The smallest absolute Gasteiger partial charge is 0.331 e. The van der Waals surface area contributed by atoms with E-state index >= 15 is 0 Å². The summed E-state index contributed by atoms with van der Waals surface area (Å²) in [6.07, 6.45) is 4.53. The van der Waals surface area contributed by atoms with Crippen molar-refractivity contribution in [2.75, 3.05) is 20.6 Å².